The van der Waals surface area contributed by atoms with Crippen molar-refractivity contribution in [2.45, 2.75) is 38.8 Å². The van der Waals surface area contributed by atoms with Crippen LogP contribution in [0.4, 0.5) is 0 Å². The molecule has 16 heavy (non-hydrogen) atoms. The van der Waals surface area contributed by atoms with E-state index in [9.17, 15) is 0 Å². The van der Waals surface area contributed by atoms with E-state index < -0.39 is 0 Å². The molecule has 2 aromatic rings. The van der Waals surface area contributed by atoms with Gasteiger partial charge in [-0.2, -0.15) is 0 Å². The first-order valence-electron chi connectivity index (χ1n) is 6.16. The van der Waals surface area contributed by atoms with Crippen molar-refractivity contribution in [1.82, 2.24) is 4.57 Å². The highest BCUT2D eigenvalue weighted by atomic mass is 15.0. The summed E-state index contributed by atoms with van der Waals surface area (Å²) in [4.78, 5) is 0. The molecule has 1 aliphatic rings. The topological polar surface area (TPSA) is 30.9 Å². The second-order valence-corrected chi connectivity index (χ2v) is 4.60. The molecular weight excluding hydrogens is 196 g/mol. The third-order valence-corrected chi connectivity index (χ3v) is 3.60. The number of para-hydroxylation sites is 1. The number of hydrogen-bond acceptors (Lipinski definition) is 1. The van der Waals surface area contributed by atoms with Crippen molar-refractivity contribution in [2.75, 3.05) is 0 Å². The lowest BCUT2D eigenvalue weighted by atomic mass is 10.1. The van der Waals surface area contributed by atoms with E-state index in [0.29, 0.717) is 6.54 Å². The van der Waals surface area contributed by atoms with Crippen LogP contribution in [-0.2, 0) is 13.1 Å². The molecule has 1 saturated carbocycles. The van der Waals surface area contributed by atoms with Gasteiger partial charge in [-0.25, -0.2) is 0 Å². The standard InChI is InChI=1S/C14H18N2/c1-2-16-13-6-4-3-5-11(13)12(9-15)14(16)10-7-8-10/h3-6,10H,2,7-9,15H2,1H3. The third kappa shape index (κ3) is 1.30. The highest BCUT2D eigenvalue weighted by molar-refractivity contribution is 5.86. The van der Waals surface area contributed by atoms with Gasteiger partial charge in [-0.05, 0) is 37.3 Å². The molecular formula is C14H18N2. The monoisotopic (exact) mass is 214 g/mol. The largest absolute Gasteiger partial charge is 0.344 e. The number of hydrogen-bond donors (Lipinski definition) is 1. The number of aromatic nitrogens is 1. The predicted molar refractivity (Wildman–Crippen MR) is 67.5 cm³/mol. The SMILES string of the molecule is CCn1c(C2CC2)c(CN)c2ccccc21. The van der Waals surface area contributed by atoms with Gasteiger partial charge in [-0.15, -0.1) is 0 Å². The fourth-order valence-electron chi connectivity index (χ4n) is 2.77. The molecule has 1 aliphatic carbocycles. The van der Waals surface area contributed by atoms with Crippen LogP contribution in [0.25, 0.3) is 10.9 Å². The first kappa shape index (κ1) is 9.91. The van der Waals surface area contributed by atoms with Crippen molar-refractivity contribution in [3.05, 3.63) is 35.5 Å². The molecule has 2 N–H and O–H groups in total. The van der Waals surface area contributed by atoms with Crippen molar-refractivity contribution in [3.8, 4) is 0 Å². The van der Waals surface area contributed by atoms with Gasteiger partial charge >= 0.3 is 0 Å². The van der Waals surface area contributed by atoms with Crippen LogP contribution < -0.4 is 5.73 Å². The quantitative estimate of drug-likeness (QED) is 0.836. The van der Waals surface area contributed by atoms with E-state index in [1.54, 1.807) is 0 Å². The van der Waals surface area contributed by atoms with Gasteiger partial charge in [0.25, 0.3) is 0 Å². The molecule has 0 spiro atoms. The van der Waals surface area contributed by atoms with Crippen LogP contribution in [0, 0.1) is 0 Å². The molecule has 1 fully saturated rings. The van der Waals surface area contributed by atoms with Gasteiger partial charge < -0.3 is 10.3 Å². The smallest absolute Gasteiger partial charge is 0.0485 e. The minimum Gasteiger partial charge on any atom is -0.344 e. The van der Waals surface area contributed by atoms with Crippen LogP contribution in [-0.4, -0.2) is 4.57 Å². The maximum Gasteiger partial charge on any atom is 0.0485 e. The van der Waals surface area contributed by atoms with Gasteiger partial charge in [-0.3, -0.25) is 0 Å². The Morgan fingerprint density at radius 1 is 1.31 bits per heavy atom. The van der Waals surface area contributed by atoms with Gasteiger partial charge in [-0.1, -0.05) is 18.2 Å². The zero-order valence-corrected chi connectivity index (χ0v) is 9.74. The molecule has 1 heterocycles. The molecule has 1 aromatic heterocycles. The maximum atomic E-state index is 5.94. The number of aryl methyl sites for hydroxylation is 1. The molecule has 0 atom stereocenters. The van der Waals surface area contributed by atoms with E-state index in [-0.39, 0.29) is 0 Å². The third-order valence-electron chi connectivity index (χ3n) is 3.60. The Balaban J connectivity index is 2.35. The zero-order chi connectivity index (χ0) is 11.1. The summed E-state index contributed by atoms with van der Waals surface area (Å²) in [5, 5.41) is 1.36. The maximum absolute atomic E-state index is 5.94. The van der Waals surface area contributed by atoms with E-state index in [2.05, 4.69) is 35.8 Å². The van der Waals surface area contributed by atoms with E-state index in [0.717, 1.165) is 12.5 Å². The molecule has 0 unspecified atom stereocenters. The Labute approximate surface area is 96.1 Å². The van der Waals surface area contributed by atoms with Crippen LogP contribution in [0.3, 0.4) is 0 Å². The molecule has 0 radical (unpaired) electrons. The molecule has 3 rings (SSSR count). The molecule has 0 saturated heterocycles. The minimum absolute atomic E-state index is 0.666. The first-order valence-corrected chi connectivity index (χ1v) is 6.16. The Morgan fingerprint density at radius 2 is 2.06 bits per heavy atom. The van der Waals surface area contributed by atoms with Gasteiger partial charge in [0.2, 0.25) is 0 Å². The second kappa shape index (κ2) is 3.63. The lowest BCUT2D eigenvalue weighted by Crippen LogP contribution is -2.04. The highest BCUT2D eigenvalue weighted by Crippen LogP contribution is 2.44. The Bertz CT molecular complexity index is 480. The van der Waals surface area contributed by atoms with Crippen LogP contribution in [0.5, 0.6) is 0 Å². The van der Waals surface area contributed by atoms with Crippen molar-refractivity contribution >= 4 is 10.9 Å². The Hall–Kier alpha value is -1.28. The average Bonchev–Trinajstić information content (AvgIpc) is 3.10. The summed E-state index contributed by atoms with van der Waals surface area (Å²) >= 11 is 0. The zero-order valence-electron chi connectivity index (χ0n) is 9.74. The summed E-state index contributed by atoms with van der Waals surface area (Å²) < 4.78 is 2.45. The fourth-order valence-corrected chi connectivity index (χ4v) is 2.77. The number of nitrogens with two attached hydrogens (primary N) is 1. The minimum atomic E-state index is 0.666. The van der Waals surface area contributed by atoms with E-state index in [1.807, 2.05) is 0 Å². The van der Waals surface area contributed by atoms with Gasteiger partial charge in [0.05, 0.1) is 0 Å². The molecule has 0 aliphatic heterocycles. The van der Waals surface area contributed by atoms with Crippen LogP contribution in [0.1, 0.15) is 36.9 Å². The summed E-state index contributed by atoms with van der Waals surface area (Å²) in [7, 11) is 0. The van der Waals surface area contributed by atoms with Crippen molar-refractivity contribution in [1.29, 1.82) is 0 Å². The predicted octanol–water partition coefficient (Wildman–Crippen LogP) is 3.00. The van der Waals surface area contributed by atoms with Crippen LogP contribution in [0.15, 0.2) is 24.3 Å². The number of fused-ring (bicyclic) bond motifs is 1. The molecule has 0 amide bonds. The van der Waals surface area contributed by atoms with Crippen molar-refractivity contribution in [2.24, 2.45) is 5.73 Å². The van der Waals surface area contributed by atoms with Crippen molar-refractivity contribution < 1.29 is 0 Å². The lowest BCUT2D eigenvalue weighted by molar-refractivity contribution is 0.731. The van der Waals surface area contributed by atoms with Gasteiger partial charge in [0.15, 0.2) is 0 Å². The molecule has 1 aromatic carbocycles. The first-order chi connectivity index (χ1) is 7.86. The normalized spacial score (nSPS) is 15.9. The van der Waals surface area contributed by atoms with E-state index in [4.69, 9.17) is 5.73 Å². The Morgan fingerprint density at radius 3 is 2.69 bits per heavy atom. The van der Waals surface area contributed by atoms with E-state index >= 15 is 0 Å². The van der Waals surface area contributed by atoms with Gasteiger partial charge in [0, 0.05) is 29.7 Å². The highest BCUT2D eigenvalue weighted by Gasteiger charge is 2.30. The van der Waals surface area contributed by atoms with E-state index in [1.165, 1.54) is 35.0 Å². The van der Waals surface area contributed by atoms with Gasteiger partial charge in [0.1, 0.15) is 0 Å². The summed E-state index contributed by atoms with van der Waals surface area (Å²) in [6, 6.07) is 8.64. The summed E-state index contributed by atoms with van der Waals surface area (Å²) in [5.74, 6) is 0.769. The lowest BCUT2D eigenvalue weighted by Gasteiger charge is -2.08. The number of benzene rings is 1. The molecule has 0 bridgehead atoms. The number of rotatable bonds is 3. The van der Waals surface area contributed by atoms with Crippen LogP contribution in [0.2, 0.25) is 0 Å². The summed E-state index contributed by atoms with van der Waals surface area (Å²) in [5.41, 5.74) is 10.2. The average molecular weight is 214 g/mol. The fraction of sp³-hybridized carbons (Fsp3) is 0.429. The summed E-state index contributed by atoms with van der Waals surface area (Å²) in [6.07, 6.45) is 2.67. The van der Waals surface area contributed by atoms with Crippen LogP contribution >= 0.6 is 0 Å². The molecule has 2 heteroatoms. The molecule has 84 valence electrons. The number of nitrogens with zero attached hydrogens (tertiary/aromatic N) is 1. The summed E-state index contributed by atoms with van der Waals surface area (Å²) in [6.45, 7) is 3.93. The molecule has 2 nitrogen and oxygen atoms in total. The second-order valence-electron chi connectivity index (χ2n) is 4.60. The Kier molecular flexibility index (Phi) is 2.25. The van der Waals surface area contributed by atoms with Crippen molar-refractivity contribution in [3.63, 3.8) is 0 Å².